The second-order valence-corrected chi connectivity index (χ2v) is 10.0. The summed E-state index contributed by atoms with van der Waals surface area (Å²) < 4.78 is 145. The fourth-order valence-corrected chi connectivity index (χ4v) is 5.45. The summed E-state index contributed by atoms with van der Waals surface area (Å²) in [5.74, 6) is -1.84. The number of hydrogen-bond donors (Lipinski definition) is 0. The summed E-state index contributed by atoms with van der Waals surface area (Å²) in [5, 5.41) is 3.31. The lowest BCUT2D eigenvalue weighted by molar-refractivity contribution is 0.670. The molecule has 0 unspecified atom stereocenters. The summed E-state index contributed by atoms with van der Waals surface area (Å²) >= 11 is 0. The van der Waals surface area contributed by atoms with Crippen molar-refractivity contribution in [3.63, 3.8) is 0 Å². The zero-order chi connectivity index (χ0) is 43.7. The summed E-state index contributed by atoms with van der Waals surface area (Å²) in [6, 6.07) is 6.00. The fourth-order valence-electron chi connectivity index (χ4n) is 5.45. The zero-order valence-electron chi connectivity index (χ0n) is 38.9. The van der Waals surface area contributed by atoms with Crippen molar-refractivity contribution < 1.29 is 26.3 Å². The summed E-state index contributed by atoms with van der Waals surface area (Å²) in [6.07, 6.45) is 0. The summed E-state index contributed by atoms with van der Waals surface area (Å²) in [5.41, 5.74) is -1.53. The monoisotopic (exact) mass is 591 g/mol. The van der Waals surface area contributed by atoms with Crippen LogP contribution in [-0.2, 0) is 0 Å². The third-order valence-corrected chi connectivity index (χ3v) is 7.46. The van der Waals surface area contributed by atoms with E-state index in [4.69, 9.17) is 25.0 Å². The molecule has 7 aromatic carbocycles. The van der Waals surface area contributed by atoms with Crippen molar-refractivity contribution in [3.8, 4) is 45.3 Å². The van der Waals surface area contributed by atoms with E-state index in [0.29, 0.717) is 5.56 Å². The first kappa shape index (κ1) is 14.1. The molecule has 0 atom stereocenters. The minimum absolute atomic E-state index is 0.0703. The predicted octanol–water partition coefficient (Wildman–Crippen LogP) is 10.7. The highest BCUT2D eigenvalue weighted by Crippen LogP contribution is 2.41. The molecule has 0 aliphatic rings. The topological polar surface area (TPSA) is 51.8 Å². The Bertz CT molecular complexity index is 3320. The fraction of sp³-hybridized carbons (Fsp3) is 0. The van der Waals surface area contributed by atoms with Crippen LogP contribution in [0.1, 0.15) is 21.9 Å². The lowest BCUT2D eigenvalue weighted by Gasteiger charge is -2.09. The maximum absolute atomic E-state index is 9.21. The molecule has 0 aliphatic carbocycles. The van der Waals surface area contributed by atoms with E-state index in [1.54, 1.807) is 12.1 Å². The molecule has 0 saturated carbocycles. The largest absolute Gasteiger partial charge is 0.455 e. The molecule has 210 valence electrons. The van der Waals surface area contributed by atoms with Crippen LogP contribution in [0, 0.1) is 0 Å². The molecule has 0 aliphatic heterocycles. The Balaban J connectivity index is 1.42. The van der Waals surface area contributed by atoms with Gasteiger partial charge in [-0.15, -0.1) is 0 Å². The van der Waals surface area contributed by atoms with Crippen molar-refractivity contribution in [2.45, 2.75) is 0 Å². The molecule has 0 bridgehead atoms. The smallest absolute Gasteiger partial charge is 0.164 e. The SMILES string of the molecule is [2H]c1c([2H])c([2H])c(-c2nc(-c3c([2H])c([2H])c([2H])c([2H])c3[2H])nc(-c3c([2H])c([2H])c([2H])c4oc5c(-c6ccc7c(ccc8ccccc87)c6)c([2H])c([2H])c([2H])c5c34)n2)c([2H])c1[2H]. The normalized spacial score (nSPS) is 16.5. The molecular weight excluding hydrogens is 550 g/mol. The second-order valence-electron chi connectivity index (χ2n) is 10.0. The van der Waals surface area contributed by atoms with Crippen molar-refractivity contribution >= 4 is 43.5 Å². The first-order chi connectivity index (χ1) is 28.9. The van der Waals surface area contributed by atoms with Gasteiger partial charge in [0.2, 0.25) is 0 Å². The van der Waals surface area contributed by atoms with E-state index in [1.165, 1.54) is 0 Å². The minimum Gasteiger partial charge on any atom is -0.455 e. The lowest BCUT2D eigenvalue weighted by Crippen LogP contribution is -2.00. The van der Waals surface area contributed by atoms with Gasteiger partial charge in [0.05, 0.1) is 21.9 Å². The lowest BCUT2D eigenvalue weighted by atomic mass is 9.96. The molecule has 9 rings (SSSR count). The van der Waals surface area contributed by atoms with Crippen LogP contribution in [-0.4, -0.2) is 15.0 Å². The molecule has 4 heteroatoms. The summed E-state index contributed by atoms with van der Waals surface area (Å²) in [6.45, 7) is 0. The van der Waals surface area contributed by atoms with Gasteiger partial charge in [-0.25, -0.2) is 15.0 Å². The highest BCUT2D eigenvalue weighted by Gasteiger charge is 2.19. The van der Waals surface area contributed by atoms with Crippen LogP contribution in [0.2, 0.25) is 0 Å². The molecule has 0 saturated heterocycles. The average Bonchev–Trinajstić information content (AvgIpc) is 3.64. The molecule has 4 nitrogen and oxygen atoms in total. The van der Waals surface area contributed by atoms with Crippen LogP contribution in [0.3, 0.4) is 0 Å². The van der Waals surface area contributed by atoms with Crippen molar-refractivity contribution in [1.82, 2.24) is 15.0 Å². The Labute approximate surface area is 281 Å². The molecule has 2 aromatic heterocycles. The van der Waals surface area contributed by atoms with Crippen LogP contribution in [0.15, 0.2) is 156 Å². The zero-order valence-corrected chi connectivity index (χ0v) is 22.9. The number of hydrogen-bond acceptors (Lipinski definition) is 4. The van der Waals surface area contributed by atoms with E-state index < -0.39 is 125 Å². The van der Waals surface area contributed by atoms with Gasteiger partial charge in [0.15, 0.2) is 17.5 Å². The van der Waals surface area contributed by atoms with Crippen molar-refractivity contribution in [3.05, 3.63) is 151 Å². The summed E-state index contributed by atoms with van der Waals surface area (Å²) in [4.78, 5) is 13.2. The Hall–Kier alpha value is -6.13. The van der Waals surface area contributed by atoms with Crippen molar-refractivity contribution in [1.29, 1.82) is 0 Å². The second kappa shape index (κ2) is 10.2. The van der Waals surface area contributed by atoms with Gasteiger partial charge in [-0.05, 0) is 39.2 Å². The number of nitrogens with zero attached hydrogens (tertiary/aromatic N) is 3. The van der Waals surface area contributed by atoms with E-state index in [0.717, 1.165) is 21.5 Å². The molecule has 45 heavy (non-hydrogen) atoms. The third-order valence-electron chi connectivity index (χ3n) is 7.46. The van der Waals surface area contributed by atoms with E-state index >= 15 is 0 Å². The van der Waals surface area contributed by atoms with E-state index in [2.05, 4.69) is 15.0 Å². The molecule has 0 amide bonds. The molecule has 2 heterocycles. The van der Waals surface area contributed by atoms with Gasteiger partial charge in [0, 0.05) is 33.0 Å². The number of rotatable bonds is 4. The predicted molar refractivity (Wildman–Crippen MR) is 184 cm³/mol. The van der Waals surface area contributed by atoms with E-state index in [9.17, 15) is 1.37 Å². The standard InChI is InChI=1S/C41H25N3O/c1-3-12-27(13-4-1)39-42-40(28-14-5-2-6-15-28)44-41(43-39)35-19-10-20-36-37(35)34-18-9-17-33(38(34)45-36)30-23-24-32-29(25-30)22-21-26-11-7-8-16-31(26)32/h1-25H/i1D,2D,3D,4D,5D,6D,9D,10D,12D,13D,14D,15D,17D,18D,19D,20D. The van der Waals surface area contributed by atoms with Gasteiger partial charge in [-0.3, -0.25) is 0 Å². The molecule has 0 N–H and O–H groups in total. The van der Waals surface area contributed by atoms with Gasteiger partial charge in [0.1, 0.15) is 11.2 Å². The highest BCUT2D eigenvalue weighted by atomic mass is 16.3. The molecule has 0 fully saturated rings. The van der Waals surface area contributed by atoms with Crippen molar-refractivity contribution in [2.24, 2.45) is 0 Å². The molecule has 0 spiro atoms. The van der Waals surface area contributed by atoms with Gasteiger partial charge in [-0.2, -0.15) is 0 Å². The number of furan rings is 1. The minimum atomic E-state index is -0.763. The van der Waals surface area contributed by atoms with Crippen LogP contribution >= 0.6 is 0 Å². The maximum Gasteiger partial charge on any atom is 0.164 e. The van der Waals surface area contributed by atoms with Gasteiger partial charge in [-0.1, -0.05) is 139 Å². The van der Waals surface area contributed by atoms with E-state index in [1.807, 2.05) is 42.5 Å². The number of fused-ring (bicyclic) bond motifs is 6. The van der Waals surface area contributed by atoms with E-state index in [-0.39, 0.29) is 33.5 Å². The number of benzene rings is 7. The Morgan fingerprint density at radius 2 is 1.11 bits per heavy atom. The third kappa shape index (κ3) is 4.27. The highest BCUT2D eigenvalue weighted by molar-refractivity contribution is 6.15. The van der Waals surface area contributed by atoms with Crippen LogP contribution in [0.5, 0.6) is 0 Å². The van der Waals surface area contributed by atoms with Crippen LogP contribution in [0.4, 0.5) is 0 Å². The first-order valence-electron chi connectivity index (χ1n) is 21.7. The van der Waals surface area contributed by atoms with Gasteiger partial charge in [0.25, 0.3) is 0 Å². The van der Waals surface area contributed by atoms with Gasteiger partial charge < -0.3 is 4.42 Å². The maximum atomic E-state index is 9.21. The number of aromatic nitrogens is 3. The molecule has 9 aromatic rings. The Morgan fingerprint density at radius 1 is 0.467 bits per heavy atom. The number of para-hydroxylation sites is 1. The van der Waals surface area contributed by atoms with Crippen LogP contribution in [0.25, 0.3) is 88.8 Å². The van der Waals surface area contributed by atoms with Crippen molar-refractivity contribution in [2.75, 3.05) is 0 Å². The van der Waals surface area contributed by atoms with Gasteiger partial charge >= 0.3 is 0 Å². The van der Waals surface area contributed by atoms with Crippen LogP contribution < -0.4 is 0 Å². The quantitative estimate of drug-likeness (QED) is 0.191. The average molecular weight is 592 g/mol. The first-order valence-corrected chi connectivity index (χ1v) is 13.7. The summed E-state index contributed by atoms with van der Waals surface area (Å²) in [7, 11) is 0. The molecule has 0 radical (unpaired) electrons. The Morgan fingerprint density at radius 3 is 1.89 bits per heavy atom. The molecular formula is C41H25N3O. The Kier molecular flexibility index (Phi) is 3.21.